The standard InChI is InChI=1S/C13H14BrNO4/c14-10-3-1-2-4-11(10)15-7-9(5-6-12(16)17)8-19-13(15)18/h1-4,9H,5-8H2,(H,16,17). The summed E-state index contributed by atoms with van der Waals surface area (Å²) in [6, 6.07) is 7.38. The number of benzene rings is 1. The van der Waals surface area contributed by atoms with Crippen LogP contribution in [0.5, 0.6) is 0 Å². The minimum Gasteiger partial charge on any atom is -0.481 e. The fraction of sp³-hybridized carbons (Fsp3) is 0.385. The molecule has 5 nitrogen and oxygen atoms in total. The number of hydrogen-bond donors (Lipinski definition) is 1. The Labute approximate surface area is 119 Å². The largest absolute Gasteiger partial charge is 0.481 e. The summed E-state index contributed by atoms with van der Waals surface area (Å²) in [7, 11) is 0. The van der Waals surface area contributed by atoms with Crippen molar-refractivity contribution in [3.05, 3.63) is 28.7 Å². The third kappa shape index (κ3) is 3.47. The number of carboxylic acids is 1. The number of amides is 1. The molecule has 1 heterocycles. The fourth-order valence-electron chi connectivity index (χ4n) is 2.02. The molecule has 19 heavy (non-hydrogen) atoms. The normalized spacial score (nSPS) is 19.1. The number of aliphatic carboxylic acids is 1. The maximum Gasteiger partial charge on any atom is 0.414 e. The van der Waals surface area contributed by atoms with Crippen LogP contribution in [0.3, 0.4) is 0 Å². The highest BCUT2D eigenvalue weighted by atomic mass is 79.9. The van der Waals surface area contributed by atoms with Gasteiger partial charge in [-0.15, -0.1) is 0 Å². The molecule has 0 bridgehead atoms. The summed E-state index contributed by atoms with van der Waals surface area (Å²) in [4.78, 5) is 23.9. The fourth-order valence-corrected chi connectivity index (χ4v) is 2.52. The summed E-state index contributed by atoms with van der Waals surface area (Å²) in [5, 5.41) is 8.69. The molecule has 1 N–H and O–H groups in total. The first-order chi connectivity index (χ1) is 9.08. The lowest BCUT2D eigenvalue weighted by Crippen LogP contribution is -2.43. The Hall–Kier alpha value is -1.56. The maximum absolute atomic E-state index is 11.8. The quantitative estimate of drug-likeness (QED) is 0.923. The molecule has 6 heteroatoms. The third-order valence-corrected chi connectivity index (χ3v) is 3.68. The van der Waals surface area contributed by atoms with E-state index in [2.05, 4.69) is 15.9 Å². The van der Waals surface area contributed by atoms with Crippen LogP contribution in [0.25, 0.3) is 0 Å². The average molecular weight is 328 g/mol. The predicted molar refractivity (Wildman–Crippen MR) is 73.2 cm³/mol. The lowest BCUT2D eigenvalue weighted by molar-refractivity contribution is -0.137. The van der Waals surface area contributed by atoms with Crippen molar-refractivity contribution in [1.82, 2.24) is 0 Å². The minimum absolute atomic E-state index is 0.0425. The van der Waals surface area contributed by atoms with E-state index in [0.717, 1.165) is 10.2 Å². The molecule has 1 amide bonds. The number of nitrogens with zero attached hydrogens (tertiary/aromatic N) is 1. The predicted octanol–water partition coefficient (Wildman–Crippen LogP) is 2.89. The van der Waals surface area contributed by atoms with Crippen LogP contribution in [0.4, 0.5) is 10.5 Å². The van der Waals surface area contributed by atoms with Gasteiger partial charge in [-0.05, 0) is 34.5 Å². The van der Waals surface area contributed by atoms with Crippen molar-refractivity contribution < 1.29 is 19.4 Å². The molecule has 0 saturated carbocycles. The average Bonchev–Trinajstić information content (AvgIpc) is 2.38. The van der Waals surface area contributed by atoms with E-state index in [-0.39, 0.29) is 18.9 Å². The van der Waals surface area contributed by atoms with E-state index < -0.39 is 12.1 Å². The number of carboxylic acid groups (broad SMARTS) is 1. The summed E-state index contributed by atoms with van der Waals surface area (Å²) in [6.45, 7) is 0.766. The van der Waals surface area contributed by atoms with Crippen LogP contribution in [0.15, 0.2) is 28.7 Å². The topological polar surface area (TPSA) is 66.8 Å². The Morgan fingerprint density at radius 1 is 1.47 bits per heavy atom. The van der Waals surface area contributed by atoms with Gasteiger partial charge in [0.15, 0.2) is 0 Å². The van der Waals surface area contributed by atoms with Gasteiger partial charge in [0.25, 0.3) is 0 Å². The van der Waals surface area contributed by atoms with Crippen LogP contribution in [-0.4, -0.2) is 30.3 Å². The molecule has 102 valence electrons. The Balaban J connectivity index is 2.09. The van der Waals surface area contributed by atoms with Crippen molar-refractivity contribution in [2.24, 2.45) is 5.92 Å². The Morgan fingerprint density at radius 3 is 2.89 bits per heavy atom. The van der Waals surface area contributed by atoms with Crippen molar-refractivity contribution in [2.45, 2.75) is 12.8 Å². The van der Waals surface area contributed by atoms with Crippen LogP contribution >= 0.6 is 15.9 Å². The number of carbonyl (C=O) groups is 2. The number of rotatable bonds is 4. The summed E-state index contributed by atoms with van der Waals surface area (Å²) in [6.07, 6.45) is 0.203. The summed E-state index contributed by atoms with van der Waals surface area (Å²) in [5.74, 6) is -0.787. The molecule has 1 saturated heterocycles. The minimum atomic E-state index is -0.829. The van der Waals surface area contributed by atoms with Gasteiger partial charge in [0.05, 0.1) is 12.3 Å². The lowest BCUT2D eigenvalue weighted by atomic mass is 10.0. The summed E-state index contributed by atoms with van der Waals surface area (Å²) < 4.78 is 5.93. The van der Waals surface area contributed by atoms with Crippen LogP contribution in [0, 0.1) is 5.92 Å². The van der Waals surface area contributed by atoms with Gasteiger partial charge >= 0.3 is 12.1 Å². The summed E-state index contributed by atoms with van der Waals surface area (Å²) in [5.41, 5.74) is 0.743. The van der Waals surface area contributed by atoms with E-state index in [0.29, 0.717) is 13.0 Å². The van der Waals surface area contributed by atoms with Crippen molar-refractivity contribution in [3.63, 3.8) is 0 Å². The van der Waals surface area contributed by atoms with Gasteiger partial charge in [0, 0.05) is 23.4 Å². The SMILES string of the molecule is O=C(O)CCC1COC(=O)N(c2ccccc2Br)C1. The monoisotopic (exact) mass is 327 g/mol. The van der Waals surface area contributed by atoms with Gasteiger partial charge in [0.2, 0.25) is 0 Å². The Morgan fingerprint density at radius 2 is 2.21 bits per heavy atom. The molecule has 0 radical (unpaired) electrons. The van der Waals surface area contributed by atoms with E-state index in [1.807, 2.05) is 24.3 Å². The molecule has 1 atom stereocenters. The number of halogens is 1. The van der Waals surface area contributed by atoms with Crippen LogP contribution in [-0.2, 0) is 9.53 Å². The van der Waals surface area contributed by atoms with E-state index in [1.54, 1.807) is 4.90 Å². The zero-order valence-corrected chi connectivity index (χ0v) is 11.8. The van der Waals surface area contributed by atoms with Crippen LogP contribution in [0.1, 0.15) is 12.8 Å². The molecule has 1 aromatic rings. The number of cyclic esters (lactones) is 1. The Bertz CT molecular complexity index is 491. The molecular weight excluding hydrogens is 314 g/mol. The first-order valence-corrected chi connectivity index (χ1v) is 6.78. The molecule has 1 fully saturated rings. The zero-order valence-electron chi connectivity index (χ0n) is 10.2. The van der Waals surface area contributed by atoms with Gasteiger partial charge in [-0.25, -0.2) is 4.79 Å². The number of carbonyl (C=O) groups excluding carboxylic acids is 1. The third-order valence-electron chi connectivity index (χ3n) is 3.01. The van der Waals surface area contributed by atoms with Crippen molar-refractivity contribution >= 4 is 33.7 Å². The van der Waals surface area contributed by atoms with Gasteiger partial charge in [0.1, 0.15) is 0 Å². The van der Waals surface area contributed by atoms with E-state index in [1.165, 1.54) is 0 Å². The number of para-hydroxylation sites is 1. The second-order valence-electron chi connectivity index (χ2n) is 4.44. The highest BCUT2D eigenvalue weighted by molar-refractivity contribution is 9.10. The number of ether oxygens (including phenoxy) is 1. The molecular formula is C13H14BrNO4. The highest BCUT2D eigenvalue weighted by Crippen LogP contribution is 2.29. The van der Waals surface area contributed by atoms with Gasteiger partial charge in [-0.3, -0.25) is 9.69 Å². The van der Waals surface area contributed by atoms with E-state index in [9.17, 15) is 9.59 Å². The first kappa shape index (κ1) is 13.9. The van der Waals surface area contributed by atoms with Gasteiger partial charge in [-0.1, -0.05) is 12.1 Å². The van der Waals surface area contributed by atoms with Crippen molar-refractivity contribution in [2.75, 3.05) is 18.1 Å². The molecule has 0 aromatic heterocycles. The Kier molecular flexibility index (Phi) is 4.42. The van der Waals surface area contributed by atoms with Gasteiger partial charge < -0.3 is 9.84 Å². The van der Waals surface area contributed by atoms with Gasteiger partial charge in [-0.2, -0.15) is 0 Å². The molecule has 1 aliphatic rings. The number of hydrogen-bond acceptors (Lipinski definition) is 3. The van der Waals surface area contributed by atoms with Crippen LogP contribution < -0.4 is 4.90 Å². The smallest absolute Gasteiger partial charge is 0.414 e. The molecule has 1 aromatic carbocycles. The molecule has 1 aliphatic heterocycles. The van der Waals surface area contributed by atoms with E-state index >= 15 is 0 Å². The molecule has 0 aliphatic carbocycles. The maximum atomic E-state index is 11.8. The molecule has 2 rings (SSSR count). The number of anilines is 1. The highest BCUT2D eigenvalue weighted by Gasteiger charge is 2.29. The van der Waals surface area contributed by atoms with E-state index in [4.69, 9.17) is 9.84 Å². The van der Waals surface area contributed by atoms with Crippen molar-refractivity contribution in [3.8, 4) is 0 Å². The first-order valence-electron chi connectivity index (χ1n) is 5.98. The second kappa shape index (κ2) is 6.06. The zero-order chi connectivity index (χ0) is 13.8. The molecule has 0 spiro atoms. The second-order valence-corrected chi connectivity index (χ2v) is 5.29. The lowest BCUT2D eigenvalue weighted by Gasteiger charge is -2.32. The van der Waals surface area contributed by atoms with Crippen LogP contribution in [0.2, 0.25) is 0 Å². The summed E-state index contributed by atoms with van der Waals surface area (Å²) >= 11 is 3.40. The molecule has 1 unspecified atom stereocenters. The van der Waals surface area contributed by atoms with Crippen molar-refractivity contribution in [1.29, 1.82) is 0 Å².